The minimum absolute atomic E-state index is 0.225. The summed E-state index contributed by atoms with van der Waals surface area (Å²) in [5, 5.41) is 3.52. The van der Waals surface area contributed by atoms with Crippen molar-refractivity contribution in [2.45, 2.75) is 6.92 Å². The second kappa shape index (κ2) is 7.93. The molecule has 0 aromatic heterocycles. The van der Waals surface area contributed by atoms with Gasteiger partial charge in [0.05, 0.1) is 12.7 Å². The number of anilines is 1. The molecule has 26 heavy (non-hydrogen) atoms. The monoisotopic (exact) mass is 367 g/mol. The van der Waals surface area contributed by atoms with E-state index >= 15 is 0 Å². The second-order valence-electron chi connectivity index (χ2n) is 5.69. The van der Waals surface area contributed by atoms with Crippen molar-refractivity contribution in [3.63, 3.8) is 0 Å². The average Bonchev–Trinajstić information content (AvgIpc) is 2.65. The van der Waals surface area contributed by atoms with Crippen LogP contribution in [0, 0.1) is 6.92 Å². The highest BCUT2D eigenvalue weighted by molar-refractivity contribution is 6.30. The molecule has 0 aliphatic carbocycles. The van der Waals surface area contributed by atoms with Gasteiger partial charge in [0.2, 0.25) is 0 Å². The molecule has 132 valence electrons. The molecule has 0 atom stereocenters. The van der Waals surface area contributed by atoms with Crippen molar-refractivity contribution in [2.24, 2.45) is 0 Å². The molecule has 0 saturated carbocycles. The lowest BCUT2D eigenvalue weighted by atomic mass is 10.1. The minimum atomic E-state index is -0.225. The first-order valence-electron chi connectivity index (χ1n) is 8.05. The zero-order chi connectivity index (χ0) is 18.5. The van der Waals surface area contributed by atoms with Crippen LogP contribution in [-0.4, -0.2) is 13.0 Å². The number of hydrogen-bond donors (Lipinski definition) is 1. The Morgan fingerprint density at radius 3 is 2.15 bits per heavy atom. The first-order valence-corrected chi connectivity index (χ1v) is 8.43. The van der Waals surface area contributed by atoms with Crippen molar-refractivity contribution < 1.29 is 14.3 Å². The number of halogens is 1. The summed E-state index contributed by atoms with van der Waals surface area (Å²) < 4.78 is 11.1. The van der Waals surface area contributed by atoms with E-state index in [2.05, 4.69) is 5.32 Å². The van der Waals surface area contributed by atoms with E-state index in [1.165, 1.54) is 0 Å². The summed E-state index contributed by atoms with van der Waals surface area (Å²) >= 11 is 5.86. The molecule has 0 fully saturated rings. The van der Waals surface area contributed by atoms with Crippen molar-refractivity contribution in [3.8, 4) is 17.2 Å². The van der Waals surface area contributed by atoms with Crippen LogP contribution in [0.3, 0.4) is 0 Å². The zero-order valence-electron chi connectivity index (χ0n) is 14.5. The third-order valence-electron chi connectivity index (χ3n) is 3.82. The van der Waals surface area contributed by atoms with Gasteiger partial charge in [-0.15, -0.1) is 0 Å². The summed E-state index contributed by atoms with van der Waals surface area (Å²) in [7, 11) is 1.56. The molecule has 0 aliphatic rings. The normalized spacial score (nSPS) is 10.3. The van der Waals surface area contributed by atoms with E-state index in [0.29, 0.717) is 33.5 Å². The largest absolute Gasteiger partial charge is 0.496 e. The maximum atomic E-state index is 12.5. The number of rotatable bonds is 5. The SMILES string of the molecule is COc1c(C)cccc1C(=O)Nc1ccc(Oc2ccc(Cl)cc2)cc1. The first kappa shape index (κ1) is 17.8. The molecule has 3 aromatic rings. The van der Waals surface area contributed by atoms with Crippen LogP contribution < -0.4 is 14.8 Å². The number of para-hydroxylation sites is 1. The maximum absolute atomic E-state index is 12.5. The molecular weight excluding hydrogens is 350 g/mol. The highest BCUT2D eigenvalue weighted by atomic mass is 35.5. The molecule has 3 rings (SSSR count). The van der Waals surface area contributed by atoms with Gasteiger partial charge in [-0.25, -0.2) is 0 Å². The van der Waals surface area contributed by atoms with Gasteiger partial charge in [0.15, 0.2) is 0 Å². The van der Waals surface area contributed by atoms with Gasteiger partial charge in [-0.05, 0) is 67.1 Å². The summed E-state index contributed by atoms with van der Waals surface area (Å²) in [5.41, 5.74) is 2.07. The fourth-order valence-electron chi connectivity index (χ4n) is 2.55. The molecule has 0 saturated heterocycles. The number of aryl methyl sites for hydroxylation is 1. The van der Waals surface area contributed by atoms with E-state index in [1.54, 1.807) is 61.7 Å². The van der Waals surface area contributed by atoms with Gasteiger partial charge in [-0.1, -0.05) is 23.7 Å². The van der Waals surface area contributed by atoms with Gasteiger partial charge in [0.1, 0.15) is 17.2 Å². The van der Waals surface area contributed by atoms with Crippen molar-refractivity contribution >= 4 is 23.2 Å². The number of methoxy groups -OCH3 is 1. The van der Waals surface area contributed by atoms with Crippen LogP contribution in [0.2, 0.25) is 5.02 Å². The lowest BCUT2D eigenvalue weighted by Gasteiger charge is -2.12. The minimum Gasteiger partial charge on any atom is -0.496 e. The van der Waals surface area contributed by atoms with Crippen molar-refractivity contribution in [3.05, 3.63) is 82.9 Å². The number of carbonyl (C=O) groups excluding carboxylic acids is 1. The van der Waals surface area contributed by atoms with Crippen LogP contribution in [0.4, 0.5) is 5.69 Å². The second-order valence-corrected chi connectivity index (χ2v) is 6.13. The van der Waals surface area contributed by atoms with E-state index in [0.717, 1.165) is 5.56 Å². The maximum Gasteiger partial charge on any atom is 0.259 e. The Labute approximate surface area is 157 Å². The molecule has 1 N–H and O–H groups in total. The van der Waals surface area contributed by atoms with Crippen molar-refractivity contribution in [2.75, 3.05) is 12.4 Å². The molecule has 0 heterocycles. The molecule has 5 heteroatoms. The fraction of sp³-hybridized carbons (Fsp3) is 0.0952. The number of hydrogen-bond acceptors (Lipinski definition) is 3. The topological polar surface area (TPSA) is 47.6 Å². The standard InChI is InChI=1S/C21H18ClNO3/c1-14-4-3-5-19(20(14)25-2)21(24)23-16-8-12-18(13-9-16)26-17-10-6-15(22)7-11-17/h3-13H,1-2H3,(H,23,24). The Hall–Kier alpha value is -2.98. The summed E-state index contributed by atoms with van der Waals surface area (Å²) in [6, 6.07) is 19.7. The molecule has 1 amide bonds. The molecule has 0 spiro atoms. The van der Waals surface area contributed by atoms with Crippen LogP contribution >= 0.6 is 11.6 Å². The van der Waals surface area contributed by atoms with Gasteiger partial charge in [0, 0.05) is 10.7 Å². The quantitative estimate of drug-likeness (QED) is 0.629. The van der Waals surface area contributed by atoms with E-state index < -0.39 is 0 Å². The van der Waals surface area contributed by atoms with Crippen molar-refractivity contribution in [1.29, 1.82) is 0 Å². The van der Waals surface area contributed by atoms with Crippen molar-refractivity contribution in [1.82, 2.24) is 0 Å². The predicted molar refractivity (Wildman–Crippen MR) is 104 cm³/mol. The Bertz CT molecular complexity index is 906. The number of nitrogens with one attached hydrogen (secondary N) is 1. The Morgan fingerprint density at radius 2 is 1.54 bits per heavy atom. The van der Waals surface area contributed by atoms with Crippen LogP contribution in [-0.2, 0) is 0 Å². The van der Waals surface area contributed by atoms with Crippen LogP contribution in [0.5, 0.6) is 17.2 Å². The summed E-state index contributed by atoms with van der Waals surface area (Å²) in [6.07, 6.45) is 0. The number of benzene rings is 3. The molecule has 0 aliphatic heterocycles. The van der Waals surface area contributed by atoms with Gasteiger partial charge in [0.25, 0.3) is 5.91 Å². The summed E-state index contributed by atoms with van der Waals surface area (Å²) in [5.74, 6) is 1.71. The molecule has 0 bridgehead atoms. The van der Waals surface area contributed by atoms with Crippen LogP contribution in [0.25, 0.3) is 0 Å². The highest BCUT2D eigenvalue weighted by Gasteiger charge is 2.14. The molecule has 0 radical (unpaired) electrons. The van der Waals surface area contributed by atoms with Gasteiger partial charge >= 0.3 is 0 Å². The van der Waals surface area contributed by atoms with E-state index in [9.17, 15) is 4.79 Å². The molecule has 0 unspecified atom stereocenters. The third-order valence-corrected chi connectivity index (χ3v) is 4.07. The number of amides is 1. The average molecular weight is 368 g/mol. The Kier molecular flexibility index (Phi) is 5.44. The van der Waals surface area contributed by atoms with E-state index in [4.69, 9.17) is 21.1 Å². The van der Waals surface area contributed by atoms with Gasteiger partial charge in [-0.2, -0.15) is 0 Å². The zero-order valence-corrected chi connectivity index (χ0v) is 15.2. The van der Waals surface area contributed by atoms with Crippen LogP contribution in [0.15, 0.2) is 66.7 Å². The molecule has 4 nitrogen and oxygen atoms in total. The fourth-order valence-corrected chi connectivity index (χ4v) is 2.67. The lowest BCUT2D eigenvalue weighted by Crippen LogP contribution is -2.13. The number of ether oxygens (including phenoxy) is 2. The summed E-state index contributed by atoms with van der Waals surface area (Å²) in [6.45, 7) is 1.90. The van der Waals surface area contributed by atoms with E-state index in [1.807, 2.05) is 19.1 Å². The first-order chi connectivity index (χ1) is 12.6. The molecule has 3 aromatic carbocycles. The van der Waals surface area contributed by atoms with Gasteiger partial charge in [-0.3, -0.25) is 4.79 Å². The predicted octanol–water partition coefficient (Wildman–Crippen LogP) is 5.70. The number of carbonyl (C=O) groups is 1. The van der Waals surface area contributed by atoms with Gasteiger partial charge < -0.3 is 14.8 Å². The molecular formula is C21H18ClNO3. The smallest absolute Gasteiger partial charge is 0.259 e. The highest BCUT2D eigenvalue weighted by Crippen LogP contribution is 2.26. The van der Waals surface area contributed by atoms with Crippen LogP contribution in [0.1, 0.15) is 15.9 Å². The Morgan fingerprint density at radius 1 is 0.923 bits per heavy atom. The third kappa shape index (κ3) is 4.16. The summed E-state index contributed by atoms with van der Waals surface area (Å²) in [4.78, 5) is 12.5. The Balaban J connectivity index is 1.70. The lowest BCUT2D eigenvalue weighted by molar-refractivity contribution is 0.102. The van der Waals surface area contributed by atoms with E-state index in [-0.39, 0.29) is 5.91 Å².